The number of H-pyrrole nitrogens is 1. The lowest BCUT2D eigenvalue weighted by atomic mass is 9.92. The molecule has 4 rings (SSSR count). The van der Waals surface area contributed by atoms with E-state index in [9.17, 15) is 0 Å². The van der Waals surface area contributed by atoms with E-state index in [1.54, 1.807) is 7.11 Å². The molecule has 0 radical (unpaired) electrons. The standard InChI is InChI=1S/C27H32N4O/c1-18(2)16-29-17-27(3,4)26-30-24(19-10-12-28-13-11-19)25(31-26)22-7-6-21-15-23(32-5)9-8-20(21)14-22/h6-15,18,29H,16-17H2,1-5H3,(H,30,31). The third-order valence-electron chi connectivity index (χ3n) is 5.75. The molecule has 4 aromatic rings. The average molecular weight is 429 g/mol. The number of ether oxygens (including phenoxy) is 1. The molecule has 0 spiro atoms. The highest BCUT2D eigenvalue weighted by Gasteiger charge is 2.27. The number of nitrogens with zero attached hydrogens (tertiary/aromatic N) is 2. The van der Waals surface area contributed by atoms with Crippen molar-refractivity contribution in [3.8, 4) is 28.3 Å². The minimum absolute atomic E-state index is 0.140. The number of hydrogen-bond donors (Lipinski definition) is 2. The second-order valence-electron chi connectivity index (χ2n) is 9.38. The number of pyridine rings is 1. The van der Waals surface area contributed by atoms with Crippen LogP contribution in [0.15, 0.2) is 60.9 Å². The summed E-state index contributed by atoms with van der Waals surface area (Å²) in [5, 5.41) is 5.89. The van der Waals surface area contributed by atoms with Crippen molar-refractivity contribution in [1.29, 1.82) is 0 Å². The molecule has 0 bridgehead atoms. The van der Waals surface area contributed by atoms with E-state index in [4.69, 9.17) is 9.72 Å². The first-order valence-corrected chi connectivity index (χ1v) is 11.2. The maximum atomic E-state index is 5.37. The quantitative estimate of drug-likeness (QED) is 0.371. The smallest absolute Gasteiger partial charge is 0.119 e. The van der Waals surface area contributed by atoms with Crippen LogP contribution in [0.1, 0.15) is 33.5 Å². The van der Waals surface area contributed by atoms with Crippen molar-refractivity contribution in [3.05, 3.63) is 66.7 Å². The van der Waals surface area contributed by atoms with Crippen LogP contribution in [-0.4, -0.2) is 35.2 Å². The molecule has 2 aromatic carbocycles. The molecule has 0 amide bonds. The molecule has 0 unspecified atom stereocenters. The number of fused-ring (bicyclic) bond motifs is 1. The first kappa shape index (κ1) is 22.0. The first-order chi connectivity index (χ1) is 15.4. The van der Waals surface area contributed by atoms with Crippen LogP contribution in [0.5, 0.6) is 5.75 Å². The van der Waals surface area contributed by atoms with E-state index in [2.05, 4.69) is 73.3 Å². The Morgan fingerprint density at radius 1 is 0.969 bits per heavy atom. The number of methoxy groups -OCH3 is 1. The van der Waals surface area contributed by atoms with Gasteiger partial charge >= 0.3 is 0 Å². The molecular formula is C27H32N4O. The Labute approximate surface area is 190 Å². The van der Waals surface area contributed by atoms with Crippen molar-refractivity contribution in [2.45, 2.75) is 33.1 Å². The topological polar surface area (TPSA) is 62.8 Å². The first-order valence-electron chi connectivity index (χ1n) is 11.2. The Morgan fingerprint density at radius 3 is 2.41 bits per heavy atom. The lowest BCUT2D eigenvalue weighted by Gasteiger charge is -2.23. The van der Waals surface area contributed by atoms with Gasteiger partial charge in [0, 0.05) is 35.5 Å². The molecule has 2 aromatic heterocycles. The highest BCUT2D eigenvalue weighted by molar-refractivity contribution is 5.90. The maximum absolute atomic E-state index is 5.37. The van der Waals surface area contributed by atoms with Crippen LogP contribution < -0.4 is 10.1 Å². The van der Waals surface area contributed by atoms with E-state index < -0.39 is 0 Å². The number of imidazole rings is 1. The van der Waals surface area contributed by atoms with Gasteiger partial charge in [-0.05, 0) is 53.6 Å². The van der Waals surface area contributed by atoms with Gasteiger partial charge in [0.15, 0.2) is 0 Å². The van der Waals surface area contributed by atoms with Gasteiger partial charge < -0.3 is 15.0 Å². The second kappa shape index (κ2) is 9.13. The van der Waals surface area contributed by atoms with E-state index in [0.29, 0.717) is 5.92 Å². The summed E-state index contributed by atoms with van der Waals surface area (Å²) in [6.07, 6.45) is 3.64. The lowest BCUT2D eigenvalue weighted by molar-refractivity contribution is 0.415. The Hall–Kier alpha value is -3.18. The molecule has 0 aliphatic heterocycles. The van der Waals surface area contributed by atoms with Crippen LogP contribution >= 0.6 is 0 Å². The fourth-order valence-corrected chi connectivity index (χ4v) is 3.89. The Bertz CT molecular complexity index is 1190. The fraction of sp³-hybridized carbons (Fsp3) is 0.333. The number of aromatic nitrogens is 3. The predicted octanol–water partition coefficient (Wildman–Crippen LogP) is 5.82. The van der Waals surface area contributed by atoms with Gasteiger partial charge in [-0.15, -0.1) is 0 Å². The summed E-state index contributed by atoms with van der Waals surface area (Å²) >= 11 is 0. The molecule has 32 heavy (non-hydrogen) atoms. The fourth-order valence-electron chi connectivity index (χ4n) is 3.89. The zero-order valence-electron chi connectivity index (χ0n) is 19.6. The van der Waals surface area contributed by atoms with E-state index in [0.717, 1.165) is 58.0 Å². The highest BCUT2D eigenvalue weighted by atomic mass is 16.5. The third kappa shape index (κ3) is 4.68. The van der Waals surface area contributed by atoms with Crippen LogP contribution in [0.25, 0.3) is 33.3 Å². The Kier molecular flexibility index (Phi) is 6.28. The molecule has 0 aliphatic carbocycles. The van der Waals surface area contributed by atoms with E-state index in [1.165, 1.54) is 0 Å². The van der Waals surface area contributed by atoms with Gasteiger partial charge in [0.25, 0.3) is 0 Å². The zero-order valence-corrected chi connectivity index (χ0v) is 19.6. The molecule has 0 atom stereocenters. The van der Waals surface area contributed by atoms with Crippen LogP contribution in [0.2, 0.25) is 0 Å². The molecule has 0 aliphatic rings. The molecule has 0 fully saturated rings. The summed E-state index contributed by atoms with van der Waals surface area (Å²) in [5.41, 5.74) is 4.00. The predicted molar refractivity (Wildman–Crippen MR) is 132 cm³/mol. The van der Waals surface area contributed by atoms with Crippen LogP contribution in [0.4, 0.5) is 0 Å². The van der Waals surface area contributed by atoms with Gasteiger partial charge in [-0.2, -0.15) is 0 Å². The van der Waals surface area contributed by atoms with Crippen LogP contribution in [0, 0.1) is 5.92 Å². The molecule has 5 heteroatoms. The Morgan fingerprint density at radius 2 is 1.69 bits per heavy atom. The minimum Gasteiger partial charge on any atom is -0.497 e. The molecule has 0 saturated carbocycles. The van der Waals surface area contributed by atoms with E-state index in [-0.39, 0.29) is 5.41 Å². The van der Waals surface area contributed by atoms with Gasteiger partial charge in [-0.25, -0.2) is 4.98 Å². The van der Waals surface area contributed by atoms with Gasteiger partial charge in [0.05, 0.1) is 18.5 Å². The molecular weight excluding hydrogens is 396 g/mol. The van der Waals surface area contributed by atoms with E-state index >= 15 is 0 Å². The summed E-state index contributed by atoms with van der Waals surface area (Å²) in [4.78, 5) is 13.0. The van der Waals surface area contributed by atoms with Crippen molar-refractivity contribution in [2.75, 3.05) is 20.2 Å². The summed E-state index contributed by atoms with van der Waals surface area (Å²) in [7, 11) is 1.69. The summed E-state index contributed by atoms with van der Waals surface area (Å²) in [5.74, 6) is 2.45. The number of aromatic amines is 1. The van der Waals surface area contributed by atoms with Gasteiger partial charge in [-0.3, -0.25) is 4.98 Å². The summed E-state index contributed by atoms with van der Waals surface area (Å²) < 4.78 is 5.37. The lowest BCUT2D eigenvalue weighted by Crippen LogP contribution is -2.35. The molecule has 0 saturated heterocycles. The number of hydrogen-bond acceptors (Lipinski definition) is 4. The number of nitrogens with one attached hydrogen (secondary N) is 2. The molecule has 2 heterocycles. The average Bonchev–Trinajstić information content (AvgIpc) is 3.25. The maximum Gasteiger partial charge on any atom is 0.119 e. The highest BCUT2D eigenvalue weighted by Crippen LogP contribution is 2.35. The van der Waals surface area contributed by atoms with Crippen molar-refractivity contribution >= 4 is 10.8 Å². The molecule has 2 N–H and O–H groups in total. The SMILES string of the molecule is COc1ccc2cc(-c3nc(C(C)(C)CNCC(C)C)[nH]c3-c3ccncc3)ccc2c1. The van der Waals surface area contributed by atoms with Crippen molar-refractivity contribution in [1.82, 2.24) is 20.3 Å². The zero-order chi connectivity index (χ0) is 22.7. The summed E-state index contributed by atoms with van der Waals surface area (Å²) in [6.45, 7) is 10.7. The van der Waals surface area contributed by atoms with Gasteiger partial charge in [0.2, 0.25) is 0 Å². The normalized spacial score (nSPS) is 11.9. The van der Waals surface area contributed by atoms with Crippen molar-refractivity contribution < 1.29 is 4.74 Å². The largest absolute Gasteiger partial charge is 0.497 e. The molecule has 166 valence electrons. The second-order valence-corrected chi connectivity index (χ2v) is 9.38. The van der Waals surface area contributed by atoms with Crippen molar-refractivity contribution in [2.24, 2.45) is 5.92 Å². The van der Waals surface area contributed by atoms with Crippen LogP contribution in [0.3, 0.4) is 0 Å². The van der Waals surface area contributed by atoms with Gasteiger partial charge in [0.1, 0.15) is 11.6 Å². The monoisotopic (exact) mass is 428 g/mol. The molecule has 5 nitrogen and oxygen atoms in total. The summed E-state index contributed by atoms with van der Waals surface area (Å²) in [6, 6.07) is 16.7. The van der Waals surface area contributed by atoms with Crippen LogP contribution in [-0.2, 0) is 5.41 Å². The number of benzene rings is 2. The van der Waals surface area contributed by atoms with E-state index in [1.807, 2.05) is 30.6 Å². The minimum atomic E-state index is -0.140. The number of rotatable bonds is 8. The third-order valence-corrected chi connectivity index (χ3v) is 5.75. The van der Waals surface area contributed by atoms with Gasteiger partial charge in [-0.1, -0.05) is 45.9 Å². The Balaban J connectivity index is 1.77. The van der Waals surface area contributed by atoms with Crippen molar-refractivity contribution in [3.63, 3.8) is 0 Å².